The standard InChI is InChI=1S/C15H14BrNO4S/c1-21-9-4-5-11(16)10(7-9)15(20)17-12(8-14(18)19)13-3-2-6-22-13/h2-7,12H,8H2,1H3,(H,17,20)(H,18,19)/t12-/m0/s1. The van der Waals surface area contributed by atoms with Crippen molar-refractivity contribution in [1.82, 2.24) is 5.32 Å². The lowest BCUT2D eigenvalue weighted by Gasteiger charge is -2.16. The van der Waals surface area contributed by atoms with Crippen molar-refractivity contribution >= 4 is 39.1 Å². The second-order valence-electron chi connectivity index (χ2n) is 4.49. The molecule has 116 valence electrons. The highest BCUT2D eigenvalue weighted by molar-refractivity contribution is 9.10. The number of carboxylic acids is 1. The van der Waals surface area contributed by atoms with Crippen molar-refractivity contribution in [3.05, 3.63) is 50.6 Å². The summed E-state index contributed by atoms with van der Waals surface area (Å²) in [6, 6.07) is 8.11. The fourth-order valence-corrected chi connectivity index (χ4v) is 3.13. The third-order valence-corrected chi connectivity index (χ3v) is 4.67. The first-order chi connectivity index (χ1) is 10.5. The van der Waals surface area contributed by atoms with Crippen LogP contribution in [-0.4, -0.2) is 24.1 Å². The van der Waals surface area contributed by atoms with Gasteiger partial charge in [0.15, 0.2) is 0 Å². The molecule has 0 fully saturated rings. The van der Waals surface area contributed by atoms with Crippen LogP contribution < -0.4 is 10.1 Å². The highest BCUT2D eigenvalue weighted by Gasteiger charge is 2.21. The minimum absolute atomic E-state index is 0.173. The molecule has 1 amide bonds. The Morgan fingerprint density at radius 2 is 2.18 bits per heavy atom. The van der Waals surface area contributed by atoms with Crippen molar-refractivity contribution in [2.45, 2.75) is 12.5 Å². The number of amides is 1. The summed E-state index contributed by atoms with van der Waals surface area (Å²) in [6.07, 6.45) is -0.173. The number of benzene rings is 1. The van der Waals surface area contributed by atoms with Crippen LogP contribution in [0.4, 0.5) is 0 Å². The maximum atomic E-state index is 12.4. The molecule has 1 aromatic carbocycles. The summed E-state index contributed by atoms with van der Waals surface area (Å²) in [7, 11) is 1.52. The summed E-state index contributed by atoms with van der Waals surface area (Å²) in [4.78, 5) is 24.3. The smallest absolute Gasteiger partial charge is 0.305 e. The molecule has 0 aliphatic rings. The first-order valence-corrected chi connectivity index (χ1v) is 8.08. The van der Waals surface area contributed by atoms with Crippen LogP contribution in [-0.2, 0) is 4.79 Å². The van der Waals surface area contributed by atoms with E-state index in [0.717, 1.165) is 4.88 Å². The topological polar surface area (TPSA) is 75.6 Å². The fourth-order valence-electron chi connectivity index (χ4n) is 1.93. The molecule has 0 spiro atoms. The van der Waals surface area contributed by atoms with Gasteiger partial charge in [0, 0.05) is 9.35 Å². The van der Waals surface area contributed by atoms with E-state index < -0.39 is 12.0 Å². The Kier molecular flexibility index (Phi) is 5.57. The third-order valence-electron chi connectivity index (χ3n) is 2.99. The minimum Gasteiger partial charge on any atom is -0.497 e. The van der Waals surface area contributed by atoms with Crippen molar-refractivity contribution in [2.24, 2.45) is 0 Å². The first-order valence-electron chi connectivity index (χ1n) is 6.41. The van der Waals surface area contributed by atoms with Crippen molar-refractivity contribution < 1.29 is 19.4 Å². The zero-order valence-electron chi connectivity index (χ0n) is 11.7. The summed E-state index contributed by atoms with van der Waals surface area (Å²) in [5.41, 5.74) is 0.395. The second kappa shape index (κ2) is 7.42. The number of hydrogen-bond acceptors (Lipinski definition) is 4. The van der Waals surface area contributed by atoms with Crippen molar-refractivity contribution in [1.29, 1.82) is 0 Å². The Balaban J connectivity index is 2.22. The summed E-state index contributed by atoms with van der Waals surface area (Å²) in [5.74, 6) is -0.770. The molecule has 0 radical (unpaired) electrons. The van der Waals surface area contributed by atoms with Crippen LogP contribution in [0.2, 0.25) is 0 Å². The second-order valence-corrected chi connectivity index (χ2v) is 6.32. The minimum atomic E-state index is -0.969. The number of methoxy groups -OCH3 is 1. The van der Waals surface area contributed by atoms with Crippen LogP contribution in [0.1, 0.15) is 27.7 Å². The molecule has 2 rings (SSSR count). The quantitative estimate of drug-likeness (QED) is 0.800. The lowest BCUT2D eigenvalue weighted by atomic mass is 10.1. The van der Waals surface area contributed by atoms with Crippen LogP contribution in [0.5, 0.6) is 5.75 Å². The Labute approximate surface area is 140 Å². The van der Waals surface area contributed by atoms with E-state index >= 15 is 0 Å². The number of carbonyl (C=O) groups is 2. The molecule has 0 bridgehead atoms. The van der Waals surface area contributed by atoms with E-state index in [0.29, 0.717) is 15.8 Å². The fraction of sp³-hybridized carbons (Fsp3) is 0.200. The van der Waals surface area contributed by atoms with Gasteiger partial charge in [-0.05, 0) is 45.6 Å². The number of rotatable bonds is 6. The van der Waals surface area contributed by atoms with Crippen LogP contribution >= 0.6 is 27.3 Å². The SMILES string of the molecule is COc1ccc(Br)c(C(=O)N[C@@H](CC(=O)O)c2cccs2)c1. The molecular formula is C15H14BrNO4S. The largest absolute Gasteiger partial charge is 0.497 e. The number of thiophene rings is 1. The van der Waals surface area contributed by atoms with Gasteiger partial charge in [-0.3, -0.25) is 9.59 Å². The van der Waals surface area contributed by atoms with Crippen molar-refractivity contribution in [3.8, 4) is 5.75 Å². The Morgan fingerprint density at radius 3 is 2.77 bits per heavy atom. The van der Waals surface area contributed by atoms with Gasteiger partial charge in [0.25, 0.3) is 5.91 Å². The summed E-state index contributed by atoms with van der Waals surface area (Å²) >= 11 is 4.73. The van der Waals surface area contributed by atoms with Crippen LogP contribution in [0.25, 0.3) is 0 Å². The molecule has 0 saturated heterocycles. The van der Waals surface area contributed by atoms with E-state index in [2.05, 4.69) is 21.2 Å². The van der Waals surface area contributed by atoms with E-state index in [1.807, 2.05) is 11.4 Å². The lowest BCUT2D eigenvalue weighted by molar-refractivity contribution is -0.137. The van der Waals surface area contributed by atoms with Crippen LogP contribution in [0, 0.1) is 0 Å². The van der Waals surface area contributed by atoms with Gasteiger partial charge in [-0.15, -0.1) is 11.3 Å². The molecule has 1 heterocycles. The number of halogens is 1. The molecule has 22 heavy (non-hydrogen) atoms. The predicted octanol–water partition coefficient (Wildman–Crippen LogP) is 3.47. The maximum absolute atomic E-state index is 12.4. The Morgan fingerprint density at radius 1 is 1.41 bits per heavy atom. The number of carbonyl (C=O) groups excluding carboxylic acids is 1. The molecule has 1 aromatic heterocycles. The van der Waals surface area contributed by atoms with Gasteiger partial charge >= 0.3 is 5.97 Å². The zero-order chi connectivity index (χ0) is 16.1. The lowest BCUT2D eigenvalue weighted by Crippen LogP contribution is -2.30. The molecule has 5 nitrogen and oxygen atoms in total. The maximum Gasteiger partial charge on any atom is 0.305 e. The average molecular weight is 384 g/mol. The van der Waals surface area contributed by atoms with Gasteiger partial charge in [-0.1, -0.05) is 6.07 Å². The molecule has 0 unspecified atom stereocenters. The highest BCUT2D eigenvalue weighted by atomic mass is 79.9. The van der Waals surface area contributed by atoms with Gasteiger partial charge in [0.2, 0.25) is 0 Å². The van der Waals surface area contributed by atoms with Gasteiger partial charge in [-0.25, -0.2) is 0 Å². The zero-order valence-corrected chi connectivity index (χ0v) is 14.1. The number of nitrogens with one attached hydrogen (secondary N) is 1. The van der Waals surface area contributed by atoms with Gasteiger partial charge in [-0.2, -0.15) is 0 Å². The molecule has 0 aliphatic carbocycles. The molecule has 2 N–H and O–H groups in total. The normalized spacial score (nSPS) is 11.7. The van der Waals surface area contributed by atoms with E-state index in [1.54, 1.807) is 24.3 Å². The van der Waals surface area contributed by atoms with Crippen LogP contribution in [0.15, 0.2) is 40.2 Å². The van der Waals surface area contributed by atoms with Gasteiger partial charge < -0.3 is 15.2 Å². The Hall–Kier alpha value is -1.86. The number of aliphatic carboxylic acids is 1. The predicted molar refractivity (Wildman–Crippen MR) is 87.5 cm³/mol. The number of hydrogen-bond donors (Lipinski definition) is 2. The van der Waals surface area contributed by atoms with E-state index in [4.69, 9.17) is 9.84 Å². The van der Waals surface area contributed by atoms with Gasteiger partial charge in [0.1, 0.15) is 5.75 Å². The molecule has 0 aliphatic heterocycles. The van der Waals surface area contributed by atoms with Crippen molar-refractivity contribution in [2.75, 3.05) is 7.11 Å². The molecule has 7 heteroatoms. The molecular weight excluding hydrogens is 370 g/mol. The van der Waals surface area contributed by atoms with Crippen molar-refractivity contribution in [3.63, 3.8) is 0 Å². The summed E-state index contributed by atoms with van der Waals surface area (Å²) in [5, 5.41) is 13.6. The van der Waals surface area contributed by atoms with E-state index in [-0.39, 0.29) is 12.3 Å². The first kappa shape index (κ1) is 16.5. The monoisotopic (exact) mass is 383 g/mol. The molecule has 2 aromatic rings. The number of ether oxygens (including phenoxy) is 1. The highest BCUT2D eigenvalue weighted by Crippen LogP contribution is 2.26. The number of carboxylic acid groups (broad SMARTS) is 1. The average Bonchev–Trinajstić information content (AvgIpc) is 3.00. The molecule has 0 saturated carbocycles. The van der Waals surface area contributed by atoms with E-state index in [1.165, 1.54) is 18.4 Å². The third kappa shape index (κ3) is 4.08. The van der Waals surface area contributed by atoms with Gasteiger partial charge in [0.05, 0.1) is 25.1 Å². The van der Waals surface area contributed by atoms with Crippen LogP contribution in [0.3, 0.4) is 0 Å². The summed E-state index contributed by atoms with van der Waals surface area (Å²) in [6.45, 7) is 0. The molecule has 1 atom stereocenters. The Bertz CT molecular complexity index is 672. The van der Waals surface area contributed by atoms with E-state index in [9.17, 15) is 9.59 Å². The summed E-state index contributed by atoms with van der Waals surface area (Å²) < 4.78 is 5.73.